The Morgan fingerprint density at radius 2 is 2.00 bits per heavy atom. The normalized spacial score (nSPS) is 23.8. The van der Waals surface area contributed by atoms with Crippen molar-refractivity contribution in [1.29, 1.82) is 0 Å². The van der Waals surface area contributed by atoms with Gasteiger partial charge < -0.3 is 29.4 Å². The number of fused-ring (bicyclic) bond motifs is 2. The number of hydrogen-bond donors (Lipinski definition) is 2. The summed E-state index contributed by atoms with van der Waals surface area (Å²) in [5.74, 6) is 1.38. The quantitative estimate of drug-likeness (QED) is 0.394. The van der Waals surface area contributed by atoms with Gasteiger partial charge in [0.2, 0.25) is 0 Å². The highest BCUT2D eigenvalue weighted by Gasteiger charge is 2.33. The Bertz CT molecular complexity index is 1400. The first-order valence-corrected chi connectivity index (χ1v) is 12.6. The molecule has 0 aromatic carbocycles. The van der Waals surface area contributed by atoms with Crippen molar-refractivity contribution in [3.63, 3.8) is 0 Å². The lowest BCUT2D eigenvalue weighted by atomic mass is 9.89. The maximum atomic E-state index is 13.2. The summed E-state index contributed by atoms with van der Waals surface area (Å²) in [4.78, 5) is 22.8. The Labute approximate surface area is 214 Å². The molecule has 0 spiro atoms. The molecule has 37 heavy (non-hydrogen) atoms. The van der Waals surface area contributed by atoms with Gasteiger partial charge in [0.05, 0.1) is 36.7 Å². The molecule has 11 heteroatoms. The third-order valence-electron chi connectivity index (χ3n) is 7.61. The smallest absolute Gasteiger partial charge is 0.257 e. The van der Waals surface area contributed by atoms with E-state index in [-0.39, 0.29) is 30.2 Å². The predicted octanol–water partition coefficient (Wildman–Crippen LogP) is 2.62. The van der Waals surface area contributed by atoms with E-state index >= 15 is 0 Å². The molecule has 194 valence electrons. The van der Waals surface area contributed by atoms with Gasteiger partial charge in [0.25, 0.3) is 5.91 Å². The lowest BCUT2D eigenvalue weighted by Crippen LogP contribution is -2.51. The van der Waals surface area contributed by atoms with Gasteiger partial charge in [-0.05, 0) is 31.4 Å². The number of carbonyl (C=O) groups is 1. The van der Waals surface area contributed by atoms with Gasteiger partial charge in [-0.2, -0.15) is 9.61 Å². The molecule has 4 aliphatic rings. The monoisotopic (exact) mass is 505 g/mol. The van der Waals surface area contributed by atoms with Crippen LogP contribution in [0.15, 0.2) is 36.8 Å². The minimum atomic E-state index is -0.207. The van der Waals surface area contributed by atoms with Crippen LogP contribution in [-0.2, 0) is 14.2 Å². The number of nitrogens with one attached hydrogen (secondary N) is 2. The molecule has 6 rings (SSSR count). The number of amides is 1. The van der Waals surface area contributed by atoms with Gasteiger partial charge in [-0.3, -0.25) is 4.79 Å². The van der Waals surface area contributed by atoms with Crippen molar-refractivity contribution < 1.29 is 19.0 Å². The van der Waals surface area contributed by atoms with Crippen LogP contribution in [0.5, 0.6) is 0 Å². The molecule has 2 N–H and O–H groups in total. The van der Waals surface area contributed by atoms with Crippen molar-refractivity contribution in [3.8, 4) is 22.6 Å². The fourth-order valence-corrected chi connectivity index (χ4v) is 5.38. The molecule has 1 aliphatic carbocycles. The third-order valence-corrected chi connectivity index (χ3v) is 7.61. The summed E-state index contributed by atoms with van der Waals surface area (Å²) >= 11 is 0. The van der Waals surface area contributed by atoms with Gasteiger partial charge in [-0.15, -0.1) is 0 Å². The predicted molar refractivity (Wildman–Crippen MR) is 137 cm³/mol. The Morgan fingerprint density at radius 1 is 1.14 bits per heavy atom. The molecule has 2 aromatic rings. The summed E-state index contributed by atoms with van der Waals surface area (Å²) in [5, 5.41) is 10.7. The molecule has 1 amide bonds. The number of hydrogen-bond acceptors (Lipinski definition) is 8. The van der Waals surface area contributed by atoms with Gasteiger partial charge in [0.15, 0.2) is 5.65 Å². The van der Waals surface area contributed by atoms with Gasteiger partial charge in [0, 0.05) is 57.5 Å². The zero-order valence-corrected chi connectivity index (χ0v) is 21.2. The standard InChI is InChI=1S/C26H31N7O4/c1-27-23-11-19(30-25-17(13-29-33(23)25)26(34)31-18-6-7-21(18)35-2)16-12-28-24-15(16)5-4-9-32(24)20-8-10-37-14-22(20)36-3/h4-5,9,11-13,18,20-22,27H,6-8,10,14H2,1-3H3,(H,31,34)/t18?,20-,21+,22-/m1/s1. The molecule has 2 aromatic heterocycles. The van der Waals surface area contributed by atoms with E-state index in [1.54, 1.807) is 24.9 Å². The van der Waals surface area contributed by atoms with E-state index in [0.717, 1.165) is 42.0 Å². The van der Waals surface area contributed by atoms with Crippen LogP contribution in [0.4, 0.5) is 5.82 Å². The maximum absolute atomic E-state index is 13.2. The number of nitrogens with zero attached hydrogens (tertiary/aromatic N) is 5. The first-order valence-electron chi connectivity index (χ1n) is 12.6. The van der Waals surface area contributed by atoms with E-state index in [0.29, 0.717) is 30.1 Å². The molecule has 2 fully saturated rings. The van der Waals surface area contributed by atoms with Crippen molar-refractivity contribution in [2.45, 2.75) is 43.6 Å². The number of ether oxygens (including phenoxy) is 3. The molecule has 11 nitrogen and oxygen atoms in total. The van der Waals surface area contributed by atoms with E-state index in [9.17, 15) is 4.79 Å². The molecule has 4 atom stereocenters. The topological polar surface area (TPSA) is 117 Å². The third kappa shape index (κ3) is 4.03. The zero-order chi connectivity index (χ0) is 25.5. The largest absolute Gasteiger partial charge is 0.379 e. The van der Waals surface area contributed by atoms with Crippen LogP contribution >= 0.6 is 0 Å². The van der Waals surface area contributed by atoms with E-state index in [4.69, 9.17) is 24.2 Å². The summed E-state index contributed by atoms with van der Waals surface area (Å²) in [6.45, 7) is 1.24. The number of rotatable bonds is 7. The van der Waals surface area contributed by atoms with Crippen LogP contribution in [0.25, 0.3) is 28.3 Å². The van der Waals surface area contributed by atoms with Crippen LogP contribution in [0.1, 0.15) is 35.7 Å². The summed E-state index contributed by atoms with van der Waals surface area (Å²) in [7, 11) is 5.21. The van der Waals surface area contributed by atoms with Crippen LogP contribution in [0.2, 0.25) is 0 Å². The molecule has 5 heterocycles. The van der Waals surface area contributed by atoms with Gasteiger partial charge in [0.1, 0.15) is 23.3 Å². The van der Waals surface area contributed by atoms with Crippen LogP contribution in [-0.4, -0.2) is 82.8 Å². The minimum Gasteiger partial charge on any atom is -0.379 e. The summed E-state index contributed by atoms with van der Waals surface area (Å²) in [6, 6.07) is 6.12. The maximum Gasteiger partial charge on any atom is 0.257 e. The van der Waals surface area contributed by atoms with E-state index in [2.05, 4.69) is 20.3 Å². The summed E-state index contributed by atoms with van der Waals surface area (Å²) in [6.07, 6.45) is 8.13. The molecule has 0 bridgehead atoms. The number of aromatic nitrogens is 5. The van der Waals surface area contributed by atoms with Crippen LogP contribution in [0, 0.1) is 0 Å². The number of anilines is 1. The van der Waals surface area contributed by atoms with Crippen molar-refractivity contribution in [2.75, 3.05) is 39.8 Å². The molecule has 3 aliphatic heterocycles. The summed E-state index contributed by atoms with van der Waals surface area (Å²) < 4.78 is 20.6. The number of carbonyl (C=O) groups excluding carboxylic acids is 1. The number of methoxy groups -OCH3 is 2. The van der Waals surface area contributed by atoms with Crippen molar-refractivity contribution in [3.05, 3.63) is 42.4 Å². The molecule has 1 saturated heterocycles. The molecular formula is C26H31N7O4. The fourth-order valence-electron chi connectivity index (χ4n) is 5.38. The second-order valence-electron chi connectivity index (χ2n) is 9.53. The lowest BCUT2D eigenvalue weighted by molar-refractivity contribution is -0.0600. The molecule has 0 radical (unpaired) electrons. The van der Waals surface area contributed by atoms with E-state index in [1.165, 1.54) is 0 Å². The first-order chi connectivity index (χ1) is 18.1. The van der Waals surface area contributed by atoms with E-state index < -0.39 is 0 Å². The van der Waals surface area contributed by atoms with Crippen molar-refractivity contribution >= 4 is 17.4 Å². The Hall–Kier alpha value is -3.54. The SMILES string of the molecule is CNc1cc(-c2cnc3n([C@@H]4CCOC[C@H]4OC)cccc2-3)nc2c(C(=O)NC3CC[C@@H]3OC)cnn12. The second-order valence-corrected chi connectivity index (χ2v) is 9.53. The first kappa shape index (κ1) is 23.8. The van der Waals surface area contributed by atoms with Crippen LogP contribution in [0.3, 0.4) is 0 Å². The minimum absolute atomic E-state index is 0.000759. The fraction of sp³-hybridized carbons (Fsp3) is 0.462. The van der Waals surface area contributed by atoms with Crippen LogP contribution < -0.4 is 10.6 Å². The van der Waals surface area contributed by atoms with Crippen molar-refractivity contribution in [2.24, 2.45) is 0 Å². The van der Waals surface area contributed by atoms with Gasteiger partial charge in [-0.1, -0.05) is 0 Å². The Balaban J connectivity index is 1.37. The lowest BCUT2D eigenvalue weighted by Gasteiger charge is -2.35. The second kappa shape index (κ2) is 9.73. The highest BCUT2D eigenvalue weighted by atomic mass is 16.5. The molecule has 1 unspecified atom stereocenters. The Morgan fingerprint density at radius 3 is 2.76 bits per heavy atom. The zero-order valence-electron chi connectivity index (χ0n) is 21.2. The summed E-state index contributed by atoms with van der Waals surface area (Å²) in [5.41, 5.74) is 3.47. The van der Waals surface area contributed by atoms with Gasteiger partial charge in [-0.25, -0.2) is 9.97 Å². The number of pyridine rings is 1. The molecule has 1 saturated carbocycles. The highest BCUT2D eigenvalue weighted by molar-refractivity contribution is 6.00. The average molecular weight is 506 g/mol. The highest BCUT2D eigenvalue weighted by Crippen LogP contribution is 2.37. The molecular weight excluding hydrogens is 474 g/mol. The van der Waals surface area contributed by atoms with Crippen molar-refractivity contribution in [1.82, 2.24) is 29.5 Å². The average Bonchev–Trinajstić information content (AvgIpc) is 3.55. The van der Waals surface area contributed by atoms with E-state index in [1.807, 2.05) is 37.6 Å². The Kier molecular flexibility index (Phi) is 6.27. The van der Waals surface area contributed by atoms with Gasteiger partial charge >= 0.3 is 0 Å².